The number of aromatic amines is 1. The molecule has 1 aromatic carbocycles. The van der Waals surface area contributed by atoms with Crippen LogP contribution < -0.4 is 10.6 Å². The van der Waals surface area contributed by atoms with Crippen molar-refractivity contribution in [3.8, 4) is 0 Å². The van der Waals surface area contributed by atoms with E-state index in [4.69, 9.17) is 0 Å². The Labute approximate surface area is 116 Å². The quantitative estimate of drug-likeness (QED) is 0.730. The van der Waals surface area contributed by atoms with E-state index < -0.39 is 0 Å². The van der Waals surface area contributed by atoms with Gasteiger partial charge in [0, 0.05) is 24.3 Å². The number of anilines is 1. The molecule has 0 radical (unpaired) electrons. The number of nitrogens with one attached hydrogen (secondary N) is 3. The van der Waals surface area contributed by atoms with E-state index in [9.17, 15) is 4.79 Å². The second-order valence-corrected chi connectivity index (χ2v) is 5.63. The summed E-state index contributed by atoms with van der Waals surface area (Å²) in [6.45, 7) is 3.07. The predicted molar refractivity (Wildman–Crippen MR) is 75.5 cm³/mol. The largest absolute Gasteiger partial charge is 0.348 e. The Morgan fingerprint density at radius 3 is 3.15 bits per heavy atom. The van der Waals surface area contributed by atoms with Gasteiger partial charge in [-0.05, 0) is 24.1 Å². The number of carbonyl (C=O) groups is 1. The van der Waals surface area contributed by atoms with Gasteiger partial charge in [0.2, 0.25) is 5.91 Å². The van der Waals surface area contributed by atoms with E-state index in [1.165, 1.54) is 5.69 Å². The zero-order valence-corrected chi connectivity index (χ0v) is 11.3. The lowest BCUT2D eigenvalue weighted by atomic mass is 9.83. The van der Waals surface area contributed by atoms with Crippen LogP contribution in [0, 0.1) is 0 Å². The zero-order chi connectivity index (χ0) is 13.7. The van der Waals surface area contributed by atoms with Gasteiger partial charge in [0.1, 0.15) is 0 Å². The summed E-state index contributed by atoms with van der Waals surface area (Å²) in [7, 11) is 0. The minimum atomic E-state index is -0.297. The van der Waals surface area contributed by atoms with Crippen LogP contribution in [-0.4, -0.2) is 22.4 Å². The van der Waals surface area contributed by atoms with Gasteiger partial charge in [-0.15, -0.1) is 0 Å². The van der Waals surface area contributed by atoms with Crippen molar-refractivity contribution in [1.29, 1.82) is 0 Å². The van der Waals surface area contributed by atoms with Crippen LogP contribution in [0.25, 0.3) is 0 Å². The van der Waals surface area contributed by atoms with Crippen LogP contribution in [0.2, 0.25) is 0 Å². The van der Waals surface area contributed by atoms with Crippen LogP contribution in [0.1, 0.15) is 29.4 Å². The first-order valence-corrected chi connectivity index (χ1v) is 6.88. The summed E-state index contributed by atoms with van der Waals surface area (Å²) in [4.78, 5) is 19.2. The highest BCUT2D eigenvalue weighted by atomic mass is 16.1. The monoisotopic (exact) mass is 268 g/mol. The van der Waals surface area contributed by atoms with Crippen LogP contribution in [0.4, 0.5) is 5.69 Å². The third kappa shape index (κ3) is 1.53. The highest BCUT2D eigenvalue weighted by Gasteiger charge is 2.36. The number of nitrogens with zero attached hydrogens (tertiary/aromatic N) is 1. The van der Waals surface area contributed by atoms with Crippen LogP contribution in [-0.2, 0) is 23.2 Å². The lowest BCUT2D eigenvalue weighted by molar-refractivity contribution is -0.115. The molecule has 0 saturated heterocycles. The van der Waals surface area contributed by atoms with E-state index in [-0.39, 0.29) is 11.4 Å². The molecule has 0 fully saturated rings. The molecule has 5 nitrogen and oxygen atoms in total. The van der Waals surface area contributed by atoms with E-state index in [2.05, 4.69) is 39.7 Å². The second-order valence-electron chi connectivity index (χ2n) is 5.63. The molecule has 102 valence electrons. The van der Waals surface area contributed by atoms with Crippen LogP contribution in [0.5, 0.6) is 0 Å². The van der Waals surface area contributed by atoms with Gasteiger partial charge in [0.15, 0.2) is 0 Å². The number of hydrogen-bond donors (Lipinski definition) is 3. The smallest absolute Gasteiger partial charge is 0.228 e. The van der Waals surface area contributed by atoms with Crippen molar-refractivity contribution in [2.45, 2.75) is 25.3 Å². The van der Waals surface area contributed by atoms with Crippen LogP contribution in [0.15, 0.2) is 24.5 Å². The summed E-state index contributed by atoms with van der Waals surface area (Å²) in [6.07, 6.45) is 3.19. The Bertz CT molecular complexity index is 706. The van der Waals surface area contributed by atoms with Crippen molar-refractivity contribution < 1.29 is 4.79 Å². The number of rotatable bonds is 1. The number of amides is 1. The van der Waals surface area contributed by atoms with Crippen molar-refractivity contribution >= 4 is 11.6 Å². The van der Waals surface area contributed by atoms with Crippen molar-refractivity contribution in [3.05, 3.63) is 47.0 Å². The summed E-state index contributed by atoms with van der Waals surface area (Å²) in [5.74, 6) is 0.0689. The van der Waals surface area contributed by atoms with Gasteiger partial charge in [-0.3, -0.25) is 4.79 Å². The van der Waals surface area contributed by atoms with E-state index in [1.54, 1.807) is 6.33 Å². The molecule has 1 unspecified atom stereocenters. The number of benzene rings is 1. The second kappa shape index (κ2) is 3.93. The SMILES string of the molecule is CC1(c2ccc3c(c2)CC(=O)N3)NCCc2[nH]cnc21. The van der Waals surface area contributed by atoms with Gasteiger partial charge < -0.3 is 15.6 Å². The van der Waals surface area contributed by atoms with E-state index >= 15 is 0 Å². The first kappa shape index (κ1) is 11.7. The van der Waals surface area contributed by atoms with Gasteiger partial charge in [0.05, 0.1) is 24.0 Å². The van der Waals surface area contributed by atoms with Crippen molar-refractivity contribution in [1.82, 2.24) is 15.3 Å². The average Bonchev–Trinajstić information content (AvgIpc) is 3.03. The van der Waals surface area contributed by atoms with Gasteiger partial charge in [-0.1, -0.05) is 12.1 Å². The third-order valence-electron chi connectivity index (χ3n) is 4.35. The van der Waals surface area contributed by atoms with E-state index in [0.29, 0.717) is 6.42 Å². The summed E-state index contributed by atoms with van der Waals surface area (Å²) < 4.78 is 0. The molecule has 1 amide bonds. The molecule has 1 atom stereocenters. The highest BCUT2D eigenvalue weighted by molar-refractivity contribution is 5.99. The maximum absolute atomic E-state index is 11.5. The molecule has 20 heavy (non-hydrogen) atoms. The molecule has 0 aliphatic carbocycles. The van der Waals surface area contributed by atoms with Crippen molar-refractivity contribution in [2.24, 2.45) is 0 Å². The molecule has 5 heteroatoms. The van der Waals surface area contributed by atoms with E-state index in [1.807, 2.05) is 6.07 Å². The molecule has 1 aromatic heterocycles. The Balaban J connectivity index is 1.83. The van der Waals surface area contributed by atoms with Gasteiger partial charge in [0.25, 0.3) is 0 Å². The third-order valence-corrected chi connectivity index (χ3v) is 4.35. The lowest BCUT2D eigenvalue weighted by Crippen LogP contribution is -2.46. The molecule has 0 saturated carbocycles. The summed E-state index contributed by atoms with van der Waals surface area (Å²) in [5, 5.41) is 6.44. The fourth-order valence-corrected chi connectivity index (χ4v) is 3.24. The number of carbonyl (C=O) groups excluding carboxylic acids is 1. The Kier molecular flexibility index (Phi) is 2.29. The fourth-order valence-electron chi connectivity index (χ4n) is 3.24. The lowest BCUT2D eigenvalue weighted by Gasteiger charge is -2.34. The number of imidazole rings is 1. The van der Waals surface area contributed by atoms with Crippen LogP contribution >= 0.6 is 0 Å². The Morgan fingerprint density at radius 2 is 2.25 bits per heavy atom. The van der Waals surface area contributed by atoms with Crippen LogP contribution in [0.3, 0.4) is 0 Å². The summed E-state index contributed by atoms with van der Waals surface area (Å²) in [6, 6.07) is 6.18. The molecule has 3 N–H and O–H groups in total. The predicted octanol–water partition coefficient (Wildman–Crippen LogP) is 1.31. The first-order valence-electron chi connectivity index (χ1n) is 6.88. The number of fused-ring (bicyclic) bond motifs is 2. The molecule has 2 aliphatic heterocycles. The van der Waals surface area contributed by atoms with Gasteiger partial charge in [-0.25, -0.2) is 4.98 Å². The first-order chi connectivity index (χ1) is 9.67. The molecular formula is C15H16N4O. The van der Waals surface area contributed by atoms with Gasteiger partial charge >= 0.3 is 0 Å². The zero-order valence-electron chi connectivity index (χ0n) is 11.3. The molecule has 3 heterocycles. The average molecular weight is 268 g/mol. The fraction of sp³-hybridized carbons (Fsp3) is 0.333. The standard InChI is InChI=1S/C15H16N4O/c1-15(14-12(4-5-18-15)16-8-17-14)10-2-3-11-9(6-10)7-13(20)19-11/h2-3,6,8,18H,4-5,7H2,1H3,(H,16,17)(H,19,20). The van der Waals surface area contributed by atoms with Crippen molar-refractivity contribution in [2.75, 3.05) is 11.9 Å². The summed E-state index contributed by atoms with van der Waals surface area (Å²) >= 11 is 0. The Morgan fingerprint density at radius 1 is 1.35 bits per heavy atom. The van der Waals surface area contributed by atoms with Crippen molar-refractivity contribution in [3.63, 3.8) is 0 Å². The number of hydrogen-bond acceptors (Lipinski definition) is 3. The molecule has 2 aromatic rings. The van der Waals surface area contributed by atoms with Gasteiger partial charge in [-0.2, -0.15) is 0 Å². The Hall–Kier alpha value is -2.14. The number of aromatic nitrogens is 2. The molecule has 0 spiro atoms. The minimum Gasteiger partial charge on any atom is -0.348 e. The highest BCUT2D eigenvalue weighted by Crippen LogP contribution is 2.35. The molecule has 4 rings (SSSR count). The topological polar surface area (TPSA) is 69.8 Å². The maximum atomic E-state index is 11.5. The maximum Gasteiger partial charge on any atom is 0.228 e. The molecular weight excluding hydrogens is 252 g/mol. The van der Waals surface area contributed by atoms with E-state index in [0.717, 1.165) is 35.5 Å². The molecule has 0 bridgehead atoms. The molecule has 2 aliphatic rings. The minimum absolute atomic E-state index is 0.0689. The number of H-pyrrole nitrogens is 1. The summed E-state index contributed by atoms with van der Waals surface area (Å²) in [5.41, 5.74) is 5.11. The normalized spacial score (nSPS) is 24.1.